The zero-order chi connectivity index (χ0) is 12.6. The highest BCUT2D eigenvalue weighted by Crippen LogP contribution is 2.24. The number of nitrogens with two attached hydrogens (primary N) is 1. The van der Waals surface area contributed by atoms with Crippen molar-refractivity contribution in [2.75, 3.05) is 5.73 Å². The second-order valence-corrected chi connectivity index (χ2v) is 4.96. The lowest BCUT2D eigenvalue weighted by Gasteiger charge is -2.08. The Morgan fingerprint density at radius 3 is 2.41 bits per heavy atom. The van der Waals surface area contributed by atoms with Gasteiger partial charge in [0.2, 0.25) is 0 Å². The van der Waals surface area contributed by atoms with Crippen LogP contribution < -0.4 is 5.73 Å². The summed E-state index contributed by atoms with van der Waals surface area (Å²) in [6, 6.07) is 6.04. The molecule has 1 heterocycles. The highest BCUT2D eigenvalue weighted by atomic mass is 79.9. The summed E-state index contributed by atoms with van der Waals surface area (Å²) in [4.78, 5) is 8.79. The largest absolute Gasteiger partial charge is 0.383 e. The van der Waals surface area contributed by atoms with Crippen LogP contribution >= 0.6 is 15.9 Å². The van der Waals surface area contributed by atoms with E-state index in [0.717, 1.165) is 26.9 Å². The van der Waals surface area contributed by atoms with Gasteiger partial charge in [-0.15, -0.1) is 0 Å². The maximum Gasteiger partial charge on any atom is 0.161 e. The maximum atomic E-state index is 5.87. The molecule has 2 rings (SSSR count). The number of halogens is 1. The van der Waals surface area contributed by atoms with Gasteiger partial charge in [-0.1, -0.05) is 22.0 Å². The Bertz CT molecular complexity index is 556. The van der Waals surface area contributed by atoms with Crippen molar-refractivity contribution in [3.05, 3.63) is 39.5 Å². The molecule has 0 atom stereocenters. The van der Waals surface area contributed by atoms with Crippen molar-refractivity contribution < 1.29 is 0 Å². The SMILES string of the molecule is Cc1cc(-c2nc(C)c(C)c(N)n2)ccc1Br. The third kappa shape index (κ3) is 2.31. The minimum atomic E-state index is 0.549. The van der Waals surface area contributed by atoms with E-state index in [0.29, 0.717) is 11.6 Å². The minimum Gasteiger partial charge on any atom is -0.383 e. The van der Waals surface area contributed by atoms with Gasteiger partial charge in [-0.3, -0.25) is 0 Å². The lowest BCUT2D eigenvalue weighted by molar-refractivity contribution is 1.08. The van der Waals surface area contributed by atoms with Crippen LogP contribution in [0.2, 0.25) is 0 Å². The molecule has 0 aliphatic heterocycles. The van der Waals surface area contributed by atoms with Crippen molar-refractivity contribution in [1.82, 2.24) is 9.97 Å². The van der Waals surface area contributed by atoms with Crippen molar-refractivity contribution >= 4 is 21.7 Å². The molecule has 0 amide bonds. The Balaban J connectivity index is 2.57. The molecule has 0 aliphatic carbocycles. The van der Waals surface area contributed by atoms with Gasteiger partial charge in [0.25, 0.3) is 0 Å². The first-order valence-electron chi connectivity index (χ1n) is 5.36. The monoisotopic (exact) mass is 291 g/mol. The first-order chi connectivity index (χ1) is 7.99. The van der Waals surface area contributed by atoms with Crippen LogP contribution in [0.15, 0.2) is 22.7 Å². The van der Waals surface area contributed by atoms with E-state index >= 15 is 0 Å². The maximum absolute atomic E-state index is 5.87. The van der Waals surface area contributed by atoms with Crippen LogP contribution in [0.3, 0.4) is 0 Å². The molecule has 0 spiro atoms. The molecule has 88 valence electrons. The summed E-state index contributed by atoms with van der Waals surface area (Å²) in [5.74, 6) is 1.23. The summed E-state index contributed by atoms with van der Waals surface area (Å²) in [5, 5.41) is 0. The molecule has 0 saturated heterocycles. The number of aromatic nitrogens is 2. The van der Waals surface area contributed by atoms with E-state index in [4.69, 9.17) is 5.73 Å². The number of nitrogen functional groups attached to an aromatic ring is 1. The van der Waals surface area contributed by atoms with Crippen LogP contribution in [0.25, 0.3) is 11.4 Å². The Morgan fingerprint density at radius 1 is 1.12 bits per heavy atom. The smallest absolute Gasteiger partial charge is 0.161 e. The number of hydrogen-bond acceptors (Lipinski definition) is 3. The molecule has 0 radical (unpaired) electrons. The molecule has 1 aromatic heterocycles. The third-order valence-electron chi connectivity index (χ3n) is 2.84. The molecule has 0 fully saturated rings. The number of nitrogens with zero attached hydrogens (tertiary/aromatic N) is 2. The minimum absolute atomic E-state index is 0.549. The Morgan fingerprint density at radius 2 is 1.82 bits per heavy atom. The zero-order valence-electron chi connectivity index (χ0n) is 10.1. The summed E-state index contributed by atoms with van der Waals surface area (Å²) < 4.78 is 1.08. The molecule has 1 aromatic carbocycles. The molecular formula is C13H14BrN3. The molecular weight excluding hydrogens is 278 g/mol. The van der Waals surface area contributed by atoms with Crippen molar-refractivity contribution in [3.63, 3.8) is 0 Å². The van der Waals surface area contributed by atoms with Crippen molar-refractivity contribution in [1.29, 1.82) is 0 Å². The Labute approximate surface area is 109 Å². The molecule has 17 heavy (non-hydrogen) atoms. The van der Waals surface area contributed by atoms with Crippen LogP contribution in [0.1, 0.15) is 16.8 Å². The average Bonchev–Trinajstić information content (AvgIpc) is 2.29. The van der Waals surface area contributed by atoms with E-state index < -0.39 is 0 Å². The van der Waals surface area contributed by atoms with Gasteiger partial charge in [-0.05, 0) is 38.5 Å². The highest BCUT2D eigenvalue weighted by molar-refractivity contribution is 9.10. The molecule has 2 N–H and O–H groups in total. The third-order valence-corrected chi connectivity index (χ3v) is 3.73. The second-order valence-electron chi connectivity index (χ2n) is 4.11. The van der Waals surface area contributed by atoms with E-state index in [1.165, 1.54) is 0 Å². The topological polar surface area (TPSA) is 51.8 Å². The molecule has 0 aliphatic rings. The highest BCUT2D eigenvalue weighted by Gasteiger charge is 2.08. The van der Waals surface area contributed by atoms with Gasteiger partial charge in [0.15, 0.2) is 5.82 Å². The van der Waals surface area contributed by atoms with E-state index in [9.17, 15) is 0 Å². The summed E-state index contributed by atoms with van der Waals surface area (Å²) in [5.41, 5.74) is 9.88. The van der Waals surface area contributed by atoms with Crippen LogP contribution in [-0.4, -0.2) is 9.97 Å². The van der Waals surface area contributed by atoms with Gasteiger partial charge in [0.05, 0.1) is 0 Å². The quantitative estimate of drug-likeness (QED) is 0.876. The van der Waals surface area contributed by atoms with E-state index in [1.54, 1.807) is 0 Å². The second kappa shape index (κ2) is 4.45. The first kappa shape index (κ1) is 12.0. The van der Waals surface area contributed by atoms with Gasteiger partial charge in [-0.2, -0.15) is 0 Å². The van der Waals surface area contributed by atoms with Crippen LogP contribution in [0.5, 0.6) is 0 Å². The molecule has 0 saturated carbocycles. The predicted octanol–water partition coefficient (Wildman–Crippen LogP) is 3.41. The number of rotatable bonds is 1. The summed E-state index contributed by atoms with van der Waals surface area (Å²) >= 11 is 3.48. The van der Waals surface area contributed by atoms with E-state index in [1.807, 2.05) is 39.0 Å². The van der Waals surface area contributed by atoms with Gasteiger partial charge < -0.3 is 5.73 Å². The lowest BCUT2D eigenvalue weighted by atomic mass is 10.1. The Hall–Kier alpha value is -1.42. The van der Waals surface area contributed by atoms with Gasteiger partial charge in [0, 0.05) is 21.3 Å². The van der Waals surface area contributed by atoms with E-state index in [-0.39, 0.29) is 0 Å². The van der Waals surface area contributed by atoms with Crippen LogP contribution in [0, 0.1) is 20.8 Å². The standard InChI is InChI=1S/C13H14BrN3/c1-7-6-10(4-5-11(7)14)13-16-9(3)8(2)12(15)17-13/h4-6H,1-3H3,(H2,15,16,17). The summed E-state index contributed by atoms with van der Waals surface area (Å²) in [6.45, 7) is 5.92. The van der Waals surface area contributed by atoms with E-state index in [2.05, 4.69) is 25.9 Å². The summed E-state index contributed by atoms with van der Waals surface area (Å²) in [6.07, 6.45) is 0. The fourth-order valence-corrected chi connectivity index (χ4v) is 1.81. The lowest BCUT2D eigenvalue weighted by Crippen LogP contribution is -2.02. The number of benzene rings is 1. The van der Waals surface area contributed by atoms with Crippen molar-refractivity contribution in [3.8, 4) is 11.4 Å². The van der Waals surface area contributed by atoms with Crippen molar-refractivity contribution in [2.45, 2.75) is 20.8 Å². The number of anilines is 1. The van der Waals surface area contributed by atoms with Crippen LogP contribution in [0.4, 0.5) is 5.82 Å². The fraction of sp³-hybridized carbons (Fsp3) is 0.231. The van der Waals surface area contributed by atoms with Gasteiger partial charge >= 0.3 is 0 Å². The van der Waals surface area contributed by atoms with Crippen LogP contribution in [-0.2, 0) is 0 Å². The number of hydrogen-bond donors (Lipinski definition) is 1. The zero-order valence-corrected chi connectivity index (χ0v) is 11.7. The molecule has 2 aromatic rings. The molecule has 0 bridgehead atoms. The molecule has 4 heteroatoms. The van der Waals surface area contributed by atoms with Crippen molar-refractivity contribution in [2.24, 2.45) is 0 Å². The van der Waals surface area contributed by atoms with Gasteiger partial charge in [-0.25, -0.2) is 9.97 Å². The first-order valence-corrected chi connectivity index (χ1v) is 6.15. The Kier molecular flexibility index (Phi) is 3.15. The normalized spacial score (nSPS) is 10.6. The molecule has 0 unspecified atom stereocenters. The van der Waals surface area contributed by atoms with Gasteiger partial charge in [0.1, 0.15) is 5.82 Å². The average molecular weight is 292 g/mol. The number of aryl methyl sites for hydroxylation is 2. The summed E-state index contributed by atoms with van der Waals surface area (Å²) in [7, 11) is 0. The molecule has 3 nitrogen and oxygen atoms in total. The fourth-order valence-electron chi connectivity index (χ4n) is 1.56. The predicted molar refractivity (Wildman–Crippen MR) is 73.8 cm³/mol.